The maximum absolute atomic E-state index is 12.9. The van der Waals surface area contributed by atoms with E-state index < -0.39 is 0 Å². The molecule has 0 radical (unpaired) electrons. The standard InChI is InChI=1S/C20H23N5O/c1-15(18(24(2)3)16-9-5-4-6-10-16)23-20(26)17-11-7-12-21-19(17)25-14-8-13-22-25/h4-15,18H,1-3H3,(H,23,26)/t15-,18-/m1/s1. The van der Waals surface area contributed by atoms with Gasteiger partial charge in [0.05, 0.1) is 11.6 Å². The minimum Gasteiger partial charge on any atom is -0.348 e. The van der Waals surface area contributed by atoms with Crippen LogP contribution in [0, 0.1) is 0 Å². The Balaban J connectivity index is 1.84. The molecule has 0 aliphatic heterocycles. The summed E-state index contributed by atoms with van der Waals surface area (Å²) in [6.45, 7) is 2.01. The van der Waals surface area contributed by atoms with E-state index in [9.17, 15) is 4.79 Å². The molecule has 3 rings (SSSR count). The molecule has 0 unspecified atom stereocenters. The van der Waals surface area contributed by atoms with Gasteiger partial charge in [-0.2, -0.15) is 5.10 Å². The lowest BCUT2D eigenvalue weighted by molar-refractivity contribution is 0.0915. The summed E-state index contributed by atoms with van der Waals surface area (Å²) < 4.78 is 1.60. The third-order valence-corrected chi connectivity index (χ3v) is 4.28. The van der Waals surface area contributed by atoms with Crippen molar-refractivity contribution in [3.05, 3.63) is 78.2 Å². The average Bonchev–Trinajstić information content (AvgIpc) is 3.17. The van der Waals surface area contributed by atoms with E-state index in [0.717, 1.165) is 5.56 Å². The molecule has 6 heteroatoms. The molecule has 1 amide bonds. The van der Waals surface area contributed by atoms with Gasteiger partial charge >= 0.3 is 0 Å². The summed E-state index contributed by atoms with van der Waals surface area (Å²) in [7, 11) is 4.03. The van der Waals surface area contributed by atoms with Crippen molar-refractivity contribution in [2.75, 3.05) is 14.1 Å². The molecule has 3 aromatic rings. The molecule has 6 nitrogen and oxygen atoms in total. The third-order valence-electron chi connectivity index (χ3n) is 4.28. The quantitative estimate of drug-likeness (QED) is 0.743. The second-order valence-corrected chi connectivity index (χ2v) is 6.41. The zero-order chi connectivity index (χ0) is 18.5. The van der Waals surface area contributed by atoms with Crippen LogP contribution in [0.15, 0.2) is 67.1 Å². The van der Waals surface area contributed by atoms with Crippen molar-refractivity contribution in [2.45, 2.75) is 19.0 Å². The van der Waals surface area contributed by atoms with E-state index in [2.05, 4.69) is 32.4 Å². The van der Waals surface area contributed by atoms with Crippen LogP contribution in [0.2, 0.25) is 0 Å². The maximum Gasteiger partial charge on any atom is 0.255 e. The molecule has 0 saturated carbocycles. The molecule has 0 fully saturated rings. The molecule has 0 aliphatic carbocycles. The number of likely N-dealkylation sites (N-methyl/N-ethyl adjacent to an activating group) is 1. The Labute approximate surface area is 153 Å². The topological polar surface area (TPSA) is 63.1 Å². The van der Waals surface area contributed by atoms with Crippen molar-refractivity contribution < 1.29 is 4.79 Å². The summed E-state index contributed by atoms with van der Waals surface area (Å²) in [5.41, 5.74) is 1.65. The van der Waals surface area contributed by atoms with Gasteiger partial charge < -0.3 is 10.2 Å². The first kappa shape index (κ1) is 17.8. The molecule has 1 aromatic carbocycles. The minimum atomic E-state index is -0.168. The number of benzene rings is 1. The van der Waals surface area contributed by atoms with E-state index in [4.69, 9.17) is 0 Å². The van der Waals surface area contributed by atoms with Crippen LogP contribution in [0.1, 0.15) is 28.9 Å². The lowest BCUT2D eigenvalue weighted by Gasteiger charge is -2.31. The predicted octanol–water partition coefficient (Wildman–Crippen LogP) is 2.69. The number of nitrogens with one attached hydrogen (secondary N) is 1. The van der Waals surface area contributed by atoms with Crippen molar-refractivity contribution >= 4 is 5.91 Å². The summed E-state index contributed by atoms with van der Waals surface area (Å²) in [5.74, 6) is 0.349. The number of amides is 1. The zero-order valence-corrected chi connectivity index (χ0v) is 15.2. The number of hydrogen-bond donors (Lipinski definition) is 1. The average molecular weight is 349 g/mol. The van der Waals surface area contributed by atoms with Gasteiger partial charge in [0, 0.05) is 24.6 Å². The normalized spacial score (nSPS) is 13.4. The Morgan fingerprint density at radius 1 is 1.08 bits per heavy atom. The summed E-state index contributed by atoms with van der Waals surface area (Å²) in [5, 5.41) is 7.30. The minimum absolute atomic E-state index is 0.0602. The van der Waals surface area contributed by atoms with Gasteiger partial charge in [-0.1, -0.05) is 30.3 Å². The molecule has 0 spiro atoms. The molecular weight excluding hydrogens is 326 g/mol. The number of carbonyl (C=O) groups excluding carboxylic acids is 1. The van der Waals surface area contributed by atoms with Gasteiger partial charge in [0.2, 0.25) is 0 Å². The van der Waals surface area contributed by atoms with Gasteiger partial charge in [-0.05, 0) is 44.8 Å². The highest BCUT2D eigenvalue weighted by atomic mass is 16.1. The van der Waals surface area contributed by atoms with Crippen molar-refractivity contribution in [2.24, 2.45) is 0 Å². The Bertz CT molecular complexity index is 846. The van der Waals surface area contributed by atoms with Gasteiger partial charge in [0.15, 0.2) is 5.82 Å². The number of aromatic nitrogens is 3. The van der Waals surface area contributed by atoms with E-state index in [1.54, 1.807) is 41.5 Å². The largest absolute Gasteiger partial charge is 0.348 e. The number of rotatable bonds is 6. The molecule has 1 N–H and O–H groups in total. The van der Waals surface area contributed by atoms with Crippen LogP contribution in [-0.2, 0) is 0 Å². The van der Waals surface area contributed by atoms with Crippen molar-refractivity contribution in [1.82, 2.24) is 25.0 Å². The molecule has 0 bridgehead atoms. The van der Waals surface area contributed by atoms with E-state index >= 15 is 0 Å². The number of hydrogen-bond acceptors (Lipinski definition) is 4. The first-order valence-corrected chi connectivity index (χ1v) is 8.55. The van der Waals surface area contributed by atoms with Gasteiger partial charge in [-0.3, -0.25) is 4.79 Å². The lowest BCUT2D eigenvalue weighted by Crippen LogP contribution is -2.42. The summed E-state index contributed by atoms with van der Waals surface area (Å²) in [4.78, 5) is 19.3. The van der Waals surface area contributed by atoms with Crippen molar-refractivity contribution in [1.29, 1.82) is 0 Å². The first-order valence-electron chi connectivity index (χ1n) is 8.55. The molecule has 0 aliphatic rings. The third kappa shape index (κ3) is 3.81. The monoisotopic (exact) mass is 349 g/mol. The van der Waals surface area contributed by atoms with Crippen LogP contribution in [-0.4, -0.2) is 45.7 Å². The van der Waals surface area contributed by atoms with E-state index in [1.165, 1.54) is 0 Å². The van der Waals surface area contributed by atoms with Crippen LogP contribution in [0.4, 0.5) is 0 Å². The molecule has 26 heavy (non-hydrogen) atoms. The fourth-order valence-corrected chi connectivity index (χ4v) is 3.20. The van der Waals surface area contributed by atoms with Crippen LogP contribution >= 0.6 is 0 Å². The molecule has 0 saturated heterocycles. The summed E-state index contributed by atoms with van der Waals surface area (Å²) >= 11 is 0. The summed E-state index contributed by atoms with van der Waals surface area (Å²) in [6.07, 6.45) is 5.09. The van der Waals surface area contributed by atoms with Gasteiger partial charge in [0.25, 0.3) is 5.91 Å². The maximum atomic E-state index is 12.9. The van der Waals surface area contributed by atoms with Gasteiger partial charge in [-0.25, -0.2) is 9.67 Å². The fourth-order valence-electron chi connectivity index (χ4n) is 3.20. The molecule has 2 aromatic heterocycles. The second kappa shape index (κ2) is 7.93. The highest BCUT2D eigenvalue weighted by Crippen LogP contribution is 2.22. The van der Waals surface area contributed by atoms with Crippen LogP contribution in [0.3, 0.4) is 0 Å². The predicted molar refractivity (Wildman–Crippen MR) is 101 cm³/mol. The Morgan fingerprint density at radius 3 is 2.50 bits per heavy atom. The Hall–Kier alpha value is -2.99. The summed E-state index contributed by atoms with van der Waals surface area (Å²) in [6, 6.07) is 15.5. The Kier molecular flexibility index (Phi) is 5.43. The first-order chi connectivity index (χ1) is 12.6. The van der Waals surface area contributed by atoms with E-state index in [-0.39, 0.29) is 18.0 Å². The van der Waals surface area contributed by atoms with Gasteiger partial charge in [-0.15, -0.1) is 0 Å². The lowest BCUT2D eigenvalue weighted by atomic mass is 9.99. The number of carbonyl (C=O) groups is 1. The highest BCUT2D eigenvalue weighted by molar-refractivity contribution is 5.97. The fraction of sp³-hybridized carbons (Fsp3) is 0.250. The number of pyridine rings is 1. The SMILES string of the molecule is C[C@@H](NC(=O)c1cccnc1-n1cccn1)[C@H](c1ccccc1)N(C)C. The van der Waals surface area contributed by atoms with Crippen molar-refractivity contribution in [3.8, 4) is 5.82 Å². The van der Waals surface area contributed by atoms with Crippen LogP contribution in [0.25, 0.3) is 5.82 Å². The van der Waals surface area contributed by atoms with E-state index in [1.807, 2.05) is 39.2 Å². The molecule has 134 valence electrons. The van der Waals surface area contributed by atoms with Crippen LogP contribution < -0.4 is 5.32 Å². The molecular formula is C20H23N5O. The van der Waals surface area contributed by atoms with Crippen LogP contribution in [0.5, 0.6) is 0 Å². The van der Waals surface area contributed by atoms with Crippen molar-refractivity contribution in [3.63, 3.8) is 0 Å². The second-order valence-electron chi connectivity index (χ2n) is 6.41. The zero-order valence-electron chi connectivity index (χ0n) is 15.2. The molecule has 2 atom stereocenters. The van der Waals surface area contributed by atoms with Gasteiger partial charge in [0.1, 0.15) is 0 Å². The molecule has 2 heterocycles. The van der Waals surface area contributed by atoms with E-state index in [0.29, 0.717) is 11.4 Å². The Morgan fingerprint density at radius 2 is 1.85 bits per heavy atom. The number of nitrogens with zero attached hydrogens (tertiary/aromatic N) is 4. The smallest absolute Gasteiger partial charge is 0.255 e. The highest BCUT2D eigenvalue weighted by Gasteiger charge is 2.24.